The van der Waals surface area contributed by atoms with Crippen LogP contribution in [0.3, 0.4) is 0 Å². The summed E-state index contributed by atoms with van der Waals surface area (Å²) < 4.78 is 5.87. The van der Waals surface area contributed by atoms with Crippen LogP contribution in [0, 0.1) is 17.2 Å². The number of aromatic nitrogens is 3. The van der Waals surface area contributed by atoms with E-state index >= 15 is 0 Å². The minimum atomic E-state index is -0.399. The number of carbonyl (C=O) groups is 2. The van der Waals surface area contributed by atoms with Gasteiger partial charge >= 0.3 is 0 Å². The first kappa shape index (κ1) is 29.0. The van der Waals surface area contributed by atoms with Gasteiger partial charge in [0.2, 0.25) is 5.95 Å². The lowest BCUT2D eigenvalue weighted by Gasteiger charge is -2.32. The van der Waals surface area contributed by atoms with E-state index in [1.165, 1.54) is 0 Å². The van der Waals surface area contributed by atoms with Crippen molar-refractivity contribution in [1.29, 1.82) is 5.26 Å². The van der Waals surface area contributed by atoms with Crippen molar-refractivity contribution in [1.82, 2.24) is 25.6 Å². The Morgan fingerprint density at radius 1 is 1.05 bits per heavy atom. The number of amides is 2. The molecule has 2 aliphatic rings. The molecule has 0 aliphatic carbocycles. The molecule has 6 rings (SSSR count). The van der Waals surface area contributed by atoms with Crippen molar-refractivity contribution in [2.24, 2.45) is 5.92 Å². The number of piperidine rings is 1. The standard InChI is InChI=1S/C33H29N7O3S/c34-18-25-16-23(21-37-30(25)24-6-8-28(9-7-24)43-27-4-2-1-3-5-27)20-35-19-22-11-14-40(15-12-22)32-36-13-10-26(38-32)17-29-31(41)39-33(42)44-29/h1-10,13,16-17,21-22,35H,11-12,14-15,19-20H2,(H,39,41,42). The molecule has 2 fully saturated rings. The van der Waals surface area contributed by atoms with E-state index in [2.05, 4.69) is 36.6 Å². The maximum atomic E-state index is 11.9. The molecule has 2 saturated heterocycles. The largest absolute Gasteiger partial charge is 0.457 e. The molecule has 0 atom stereocenters. The van der Waals surface area contributed by atoms with Gasteiger partial charge in [0.15, 0.2) is 0 Å². The highest BCUT2D eigenvalue weighted by molar-refractivity contribution is 8.18. The van der Waals surface area contributed by atoms with Crippen molar-refractivity contribution < 1.29 is 14.3 Å². The van der Waals surface area contributed by atoms with E-state index < -0.39 is 5.91 Å². The van der Waals surface area contributed by atoms with Gasteiger partial charge in [0.1, 0.15) is 17.6 Å². The smallest absolute Gasteiger partial charge is 0.290 e. The first-order valence-corrected chi connectivity index (χ1v) is 15.1. The number of nitrogens with zero attached hydrogens (tertiary/aromatic N) is 5. The normalized spacial score (nSPS) is 16.2. The minimum Gasteiger partial charge on any atom is -0.457 e. The zero-order valence-corrected chi connectivity index (χ0v) is 24.6. The van der Waals surface area contributed by atoms with E-state index in [-0.39, 0.29) is 5.24 Å². The average Bonchev–Trinajstić information content (AvgIpc) is 3.38. The molecular weight excluding hydrogens is 574 g/mol. The van der Waals surface area contributed by atoms with Crippen LogP contribution in [-0.2, 0) is 11.3 Å². The Balaban J connectivity index is 0.992. The number of imide groups is 1. The van der Waals surface area contributed by atoms with Crippen molar-refractivity contribution in [3.8, 4) is 28.8 Å². The quantitative estimate of drug-likeness (QED) is 0.235. The molecule has 0 spiro atoms. The Labute approximate surface area is 259 Å². The van der Waals surface area contributed by atoms with Gasteiger partial charge < -0.3 is 15.0 Å². The van der Waals surface area contributed by atoms with Gasteiger partial charge in [-0.25, -0.2) is 9.97 Å². The number of carbonyl (C=O) groups excluding carboxylic acids is 2. The Morgan fingerprint density at radius 2 is 1.82 bits per heavy atom. The molecule has 0 saturated carbocycles. The third-order valence-corrected chi connectivity index (χ3v) is 8.23. The number of hydrogen-bond donors (Lipinski definition) is 2. The lowest BCUT2D eigenvalue weighted by Crippen LogP contribution is -2.38. The molecule has 11 heteroatoms. The van der Waals surface area contributed by atoms with E-state index in [1.807, 2.05) is 66.9 Å². The molecule has 2 N–H and O–H groups in total. The van der Waals surface area contributed by atoms with Crippen molar-refractivity contribution in [3.05, 3.63) is 101 Å². The number of ether oxygens (including phenoxy) is 1. The number of nitrogens with one attached hydrogen (secondary N) is 2. The maximum absolute atomic E-state index is 11.9. The summed E-state index contributed by atoms with van der Waals surface area (Å²) in [5, 5.41) is 15.2. The van der Waals surface area contributed by atoms with Gasteiger partial charge in [-0.3, -0.25) is 19.9 Å². The molecule has 220 valence electrons. The number of anilines is 1. The fraction of sp³-hybridized carbons (Fsp3) is 0.212. The van der Waals surface area contributed by atoms with E-state index in [0.29, 0.717) is 40.3 Å². The Kier molecular flexibility index (Phi) is 8.91. The number of rotatable bonds is 9. The lowest BCUT2D eigenvalue weighted by atomic mass is 9.97. The van der Waals surface area contributed by atoms with Gasteiger partial charge in [-0.05, 0) is 97.2 Å². The third kappa shape index (κ3) is 7.11. The number of thioether (sulfide) groups is 1. The van der Waals surface area contributed by atoms with E-state index in [1.54, 1.807) is 18.3 Å². The Bertz CT molecular complexity index is 1730. The van der Waals surface area contributed by atoms with E-state index in [4.69, 9.17) is 4.74 Å². The summed E-state index contributed by atoms with van der Waals surface area (Å²) in [6, 6.07) is 23.1. The predicted octanol–water partition coefficient (Wildman–Crippen LogP) is 5.53. The highest BCUT2D eigenvalue weighted by Gasteiger charge is 2.26. The third-order valence-electron chi connectivity index (χ3n) is 7.42. The SMILES string of the molecule is N#Cc1cc(CNCC2CCN(c3nccc(C=C4SC(=O)NC4=O)n3)CC2)cnc1-c1ccc(Oc2ccccc2)cc1. The highest BCUT2D eigenvalue weighted by Crippen LogP contribution is 2.28. The van der Waals surface area contributed by atoms with E-state index in [0.717, 1.165) is 66.9 Å². The second kappa shape index (κ2) is 13.5. The molecule has 0 bridgehead atoms. The number of hydrogen-bond acceptors (Lipinski definition) is 10. The van der Waals surface area contributed by atoms with Crippen LogP contribution in [0.15, 0.2) is 84.0 Å². The highest BCUT2D eigenvalue weighted by atomic mass is 32.2. The number of nitriles is 1. The summed E-state index contributed by atoms with van der Waals surface area (Å²) >= 11 is 0.875. The summed E-state index contributed by atoms with van der Waals surface area (Å²) in [4.78, 5) is 39.4. The Hall–Kier alpha value is -5.05. The molecule has 4 heterocycles. The molecule has 2 aromatic heterocycles. The van der Waals surface area contributed by atoms with Crippen molar-refractivity contribution in [2.45, 2.75) is 19.4 Å². The zero-order valence-electron chi connectivity index (χ0n) is 23.8. The molecule has 44 heavy (non-hydrogen) atoms. The molecular formula is C33H29N7O3S. The van der Waals surface area contributed by atoms with Crippen LogP contribution < -0.4 is 20.3 Å². The van der Waals surface area contributed by atoms with Crippen LogP contribution in [0.25, 0.3) is 17.3 Å². The van der Waals surface area contributed by atoms with Crippen LogP contribution in [-0.4, -0.2) is 45.7 Å². The summed E-state index contributed by atoms with van der Waals surface area (Å²) in [7, 11) is 0. The van der Waals surface area contributed by atoms with E-state index in [9.17, 15) is 14.9 Å². The molecule has 0 unspecified atom stereocenters. The summed E-state index contributed by atoms with van der Waals surface area (Å²) in [6.07, 6.45) is 7.08. The average molecular weight is 604 g/mol. The molecule has 2 amide bonds. The van der Waals surface area contributed by atoms with Crippen LogP contribution in [0.4, 0.5) is 10.7 Å². The molecule has 4 aromatic rings. The van der Waals surface area contributed by atoms with Crippen LogP contribution in [0.2, 0.25) is 0 Å². The molecule has 10 nitrogen and oxygen atoms in total. The first-order chi connectivity index (χ1) is 21.5. The van der Waals surface area contributed by atoms with Gasteiger partial charge in [-0.2, -0.15) is 5.26 Å². The number of para-hydroxylation sites is 1. The summed E-state index contributed by atoms with van der Waals surface area (Å²) in [6.45, 7) is 3.13. The van der Waals surface area contributed by atoms with Crippen molar-refractivity contribution in [3.63, 3.8) is 0 Å². The van der Waals surface area contributed by atoms with Gasteiger partial charge in [0, 0.05) is 37.6 Å². The zero-order chi connectivity index (χ0) is 30.3. The van der Waals surface area contributed by atoms with Crippen molar-refractivity contribution >= 4 is 34.9 Å². The van der Waals surface area contributed by atoms with Gasteiger partial charge in [-0.15, -0.1) is 0 Å². The Morgan fingerprint density at radius 3 is 2.55 bits per heavy atom. The summed E-state index contributed by atoms with van der Waals surface area (Å²) in [5.74, 6) is 2.21. The second-order valence-corrected chi connectivity index (χ2v) is 11.5. The topological polar surface area (TPSA) is 133 Å². The van der Waals surface area contributed by atoms with Crippen LogP contribution >= 0.6 is 11.8 Å². The van der Waals surface area contributed by atoms with Gasteiger partial charge in [0.05, 0.1) is 21.9 Å². The fourth-order valence-corrected chi connectivity index (χ4v) is 5.80. The summed E-state index contributed by atoms with van der Waals surface area (Å²) in [5.41, 5.74) is 3.60. The van der Waals surface area contributed by atoms with Gasteiger partial charge in [-0.1, -0.05) is 18.2 Å². The fourth-order valence-electron chi connectivity index (χ4n) is 5.13. The number of pyridine rings is 1. The number of benzene rings is 2. The maximum Gasteiger partial charge on any atom is 0.290 e. The second-order valence-electron chi connectivity index (χ2n) is 10.5. The molecule has 0 radical (unpaired) electrons. The van der Waals surface area contributed by atoms with Crippen LogP contribution in [0.1, 0.15) is 29.7 Å². The lowest BCUT2D eigenvalue weighted by molar-refractivity contribution is -0.115. The van der Waals surface area contributed by atoms with Crippen LogP contribution in [0.5, 0.6) is 11.5 Å². The molecule has 2 aliphatic heterocycles. The predicted molar refractivity (Wildman–Crippen MR) is 169 cm³/mol. The minimum absolute atomic E-state index is 0.333. The first-order valence-electron chi connectivity index (χ1n) is 14.3. The van der Waals surface area contributed by atoms with Crippen molar-refractivity contribution in [2.75, 3.05) is 24.5 Å². The van der Waals surface area contributed by atoms with Gasteiger partial charge in [0.25, 0.3) is 11.1 Å². The monoisotopic (exact) mass is 603 g/mol. The molecule has 2 aromatic carbocycles.